The zero-order chi connectivity index (χ0) is 16.7. The zero-order valence-corrected chi connectivity index (χ0v) is 16.7. The number of alkyl halides is 5. The number of hydrogen-bond acceptors (Lipinski definition) is 3. The fourth-order valence-electron chi connectivity index (χ4n) is 1.81. The maximum absolute atomic E-state index is 13.2. The minimum Gasteiger partial charge on any atom is -0.743 e. The largest absolute Gasteiger partial charge is 1.00 e. The van der Waals surface area contributed by atoms with Crippen LogP contribution in [0.15, 0.2) is 0 Å². The van der Waals surface area contributed by atoms with Gasteiger partial charge >= 0.3 is 62.6 Å². The van der Waals surface area contributed by atoms with Crippen LogP contribution in [0.2, 0.25) is 0 Å². The molecule has 0 aromatic heterocycles. The molecular weight excluding hydrogens is 358 g/mol. The minimum atomic E-state index is -6.62. The van der Waals surface area contributed by atoms with Crippen molar-refractivity contribution < 1.29 is 86.3 Å². The molecule has 1 atom stereocenters. The number of rotatable bonds is 11. The van der Waals surface area contributed by atoms with E-state index in [4.69, 9.17) is 0 Å². The second kappa shape index (κ2) is 10.9. The van der Waals surface area contributed by atoms with Crippen molar-refractivity contribution in [2.45, 2.75) is 75.6 Å². The third-order valence-electron chi connectivity index (χ3n) is 3.16. The Balaban J connectivity index is 0. The molecule has 0 N–H and O–H groups in total. The minimum absolute atomic E-state index is 0. The summed E-state index contributed by atoms with van der Waals surface area (Å²) in [6.45, 7) is 2.01. The van der Waals surface area contributed by atoms with E-state index in [-0.39, 0.29) is 57.8 Å². The summed E-state index contributed by atoms with van der Waals surface area (Å²) in [6, 6.07) is 0. The second-order valence-electron chi connectivity index (χ2n) is 4.97. The molecule has 0 radical (unpaired) electrons. The van der Waals surface area contributed by atoms with Crippen LogP contribution in [0.3, 0.4) is 0 Å². The van der Waals surface area contributed by atoms with Gasteiger partial charge in [0, 0.05) is 0 Å². The van der Waals surface area contributed by atoms with Crippen LogP contribution < -0.4 is 51.4 Å². The van der Waals surface area contributed by atoms with Gasteiger partial charge in [-0.2, -0.15) is 17.6 Å². The van der Waals surface area contributed by atoms with Crippen molar-refractivity contribution >= 4 is 10.1 Å². The first-order valence-corrected chi connectivity index (χ1v) is 8.24. The van der Waals surface area contributed by atoms with E-state index >= 15 is 0 Å². The van der Waals surface area contributed by atoms with E-state index in [2.05, 4.69) is 0 Å². The number of hydrogen-bond donors (Lipinski definition) is 0. The van der Waals surface area contributed by atoms with Gasteiger partial charge in [0.25, 0.3) is 0 Å². The van der Waals surface area contributed by atoms with E-state index in [1.54, 1.807) is 0 Å². The van der Waals surface area contributed by atoms with Gasteiger partial charge in [-0.1, -0.05) is 51.9 Å². The van der Waals surface area contributed by atoms with Gasteiger partial charge in [0.1, 0.15) is 0 Å². The summed E-state index contributed by atoms with van der Waals surface area (Å²) in [5, 5.41) is -5.94. The molecule has 0 heterocycles. The molecular formula is C12H20F5KO3S. The van der Waals surface area contributed by atoms with E-state index in [0.29, 0.717) is 12.8 Å². The summed E-state index contributed by atoms with van der Waals surface area (Å²) >= 11 is 0. The molecule has 0 saturated heterocycles. The molecule has 1 unspecified atom stereocenters. The summed E-state index contributed by atoms with van der Waals surface area (Å²) in [4.78, 5) is 0. The van der Waals surface area contributed by atoms with E-state index in [1.165, 1.54) is 0 Å². The number of unbranched alkanes of at least 4 members (excludes halogenated alkanes) is 6. The van der Waals surface area contributed by atoms with Gasteiger partial charge < -0.3 is 4.55 Å². The molecule has 3 nitrogen and oxygen atoms in total. The van der Waals surface area contributed by atoms with E-state index in [1.807, 2.05) is 6.92 Å². The molecule has 0 saturated carbocycles. The Hall–Kier alpha value is 1.20. The standard InChI is InChI=1S/C12H21F5O3S.K/c1-2-3-4-5-6-7-8-9-10(13)11(14,15)12(16,17)21(18,19)20;/h10H,2-9H2,1H3,(H,18,19,20);/q;+1/p-1. The second-order valence-corrected chi connectivity index (χ2v) is 6.39. The van der Waals surface area contributed by atoms with Crippen molar-refractivity contribution in [3.05, 3.63) is 0 Å². The van der Waals surface area contributed by atoms with Crippen LogP contribution in [0.4, 0.5) is 22.0 Å². The topological polar surface area (TPSA) is 57.2 Å². The first-order chi connectivity index (χ1) is 9.48. The quantitative estimate of drug-likeness (QED) is 0.235. The van der Waals surface area contributed by atoms with E-state index in [0.717, 1.165) is 25.7 Å². The Labute approximate surface area is 170 Å². The van der Waals surface area contributed by atoms with Crippen LogP contribution in [0.1, 0.15) is 58.3 Å². The first kappa shape index (κ1) is 25.4. The molecule has 0 aliphatic rings. The molecule has 22 heavy (non-hydrogen) atoms. The van der Waals surface area contributed by atoms with Crippen LogP contribution >= 0.6 is 0 Å². The predicted molar refractivity (Wildman–Crippen MR) is 67.1 cm³/mol. The van der Waals surface area contributed by atoms with Gasteiger partial charge in [-0.05, 0) is 6.42 Å². The summed E-state index contributed by atoms with van der Waals surface area (Å²) in [5.41, 5.74) is 0. The molecule has 0 aliphatic heterocycles. The van der Waals surface area contributed by atoms with E-state index in [9.17, 15) is 34.9 Å². The van der Waals surface area contributed by atoms with Gasteiger partial charge in [-0.25, -0.2) is 12.8 Å². The van der Waals surface area contributed by atoms with Crippen LogP contribution in [-0.2, 0) is 10.1 Å². The summed E-state index contributed by atoms with van der Waals surface area (Å²) < 4.78 is 95.3. The van der Waals surface area contributed by atoms with Gasteiger partial charge in [-0.15, -0.1) is 0 Å². The Morgan fingerprint density at radius 3 is 1.77 bits per heavy atom. The van der Waals surface area contributed by atoms with Crippen LogP contribution in [-0.4, -0.2) is 30.3 Å². The molecule has 0 amide bonds. The summed E-state index contributed by atoms with van der Waals surface area (Å²) in [6.07, 6.45) is 0.542. The SMILES string of the molecule is CCCCCCCCCC(F)C(F)(F)C(F)(F)S(=O)(=O)[O-].[K+]. The Bertz CT molecular complexity index is 404. The van der Waals surface area contributed by atoms with Crippen molar-refractivity contribution in [3.8, 4) is 0 Å². The monoisotopic (exact) mass is 378 g/mol. The molecule has 0 fully saturated rings. The first-order valence-electron chi connectivity index (χ1n) is 6.83. The Morgan fingerprint density at radius 2 is 1.36 bits per heavy atom. The van der Waals surface area contributed by atoms with Crippen molar-refractivity contribution in [2.75, 3.05) is 0 Å². The van der Waals surface area contributed by atoms with Crippen LogP contribution in [0.25, 0.3) is 0 Å². The molecule has 0 aromatic rings. The third kappa shape index (κ3) is 7.39. The average Bonchev–Trinajstić information content (AvgIpc) is 2.35. The maximum atomic E-state index is 13.2. The zero-order valence-electron chi connectivity index (χ0n) is 12.8. The van der Waals surface area contributed by atoms with Crippen LogP contribution in [0.5, 0.6) is 0 Å². The van der Waals surface area contributed by atoms with Gasteiger partial charge in [0.15, 0.2) is 16.3 Å². The fourth-order valence-corrected chi connectivity index (χ4v) is 2.27. The molecule has 0 aromatic carbocycles. The van der Waals surface area contributed by atoms with E-state index < -0.39 is 33.9 Å². The number of halogens is 5. The molecule has 0 spiro atoms. The smallest absolute Gasteiger partial charge is 0.743 e. The summed E-state index contributed by atoms with van der Waals surface area (Å²) in [7, 11) is -6.62. The summed E-state index contributed by atoms with van der Waals surface area (Å²) in [5.74, 6) is -5.52. The Kier molecular flexibility index (Phi) is 12.6. The van der Waals surface area contributed by atoms with Crippen molar-refractivity contribution in [1.29, 1.82) is 0 Å². The van der Waals surface area contributed by atoms with Crippen molar-refractivity contribution in [1.82, 2.24) is 0 Å². The van der Waals surface area contributed by atoms with Gasteiger partial charge in [0.05, 0.1) is 0 Å². The maximum Gasteiger partial charge on any atom is 1.00 e. The molecule has 0 bridgehead atoms. The van der Waals surface area contributed by atoms with Crippen molar-refractivity contribution in [2.24, 2.45) is 0 Å². The van der Waals surface area contributed by atoms with Gasteiger partial charge in [0.2, 0.25) is 0 Å². The predicted octanol–water partition coefficient (Wildman–Crippen LogP) is 1.24. The van der Waals surface area contributed by atoms with Gasteiger partial charge in [-0.3, -0.25) is 0 Å². The molecule has 0 rings (SSSR count). The Morgan fingerprint density at radius 1 is 0.955 bits per heavy atom. The molecule has 128 valence electrons. The average molecular weight is 378 g/mol. The normalized spacial score (nSPS) is 14.5. The molecule has 10 heteroatoms. The van der Waals surface area contributed by atoms with Crippen LogP contribution in [0, 0.1) is 0 Å². The van der Waals surface area contributed by atoms with Crippen molar-refractivity contribution in [3.63, 3.8) is 0 Å². The third-order valence-corrected chi connectivity index (χ3v) is 4.06. The molecule has 0 aliphatic carbocycles. The fraction of sp³-hybridized carbons (Fsp3) is 1.00.